The lowest BCUT2D eigenvalue weighted by Gasteiger charge is -2.16. The molecular weight excluding hydrogens is 314 g/mol. The standard InChI is InChI=1S/C14H16F2N2O3S/c1-8-12(19)18(14(22)17-8)6-5-9-3-4-10(20-2)11(7-9)21-13(15)16/h3-4,7-8,13H,5-6H2,1-2H3,(H,17,22). The van der Waals surface area contributed by atoms with Crippen LogP contribution in [0.1, 0.15) is 12.5 Å². The molecule has 1 unspecified atom stereocenters. The van der Waals surface area contributed by atoms with Crippen molar-refractivity contribution in [1.82, 2.24) is 10.2 Å². The number of thiocarbonyl (C=S) groups is 1. The second-order valence-electron chi connectivity index (χ2n) is 4.77. The van der Waals surface area contributed by atoms with Gasteiger partial charge in [0.15, 0.2) is 16.6 Å². The molecule has 1 N–H and O–H groups in total. The molecule has 0 saturated carbocycles. The number of hydrogen-bond donors (Lipinski definition) is 1. The summed E-state index contributed by atoms with van der Waals surface area (Å²) in [5.41, 5.74) is 0.742. The average molecular weight is 330 g/mol. The molecule has 0 aliphatic carbocycles. The summed E-state index contributed by atoms with van der Waals surface area (Å²) in [4.78, 5) is 13.4. The van der Waals surface area contributed by atoms with Crippen molar-refractivity contribution >= 4 is 23.2 Å². The molecule has 5 nitrogen and oxygen atoms in total. The van der Waals surface area contributed by atoms with Crippen molar-refractivity contribution in [2.45, 2.75) is 26.0 Å². The summed E-state index contributed by atoms with van der Waals surface area (Å²) in [7, 11) is 1.38. The Morgan fingerprint density at radius 2 is 2.14 bits per heavy atom. The van der Waals surface area contributed by atoms with Crippen LogP contribution in [0.2, 0.25) is 0 Å². The molecule has 0 radical (unpaired) electrons. The lowest BCUT2D eigenvalue weighted by atomic mass is 10.1. The van der Waals surface area contributed by atoms with Crippen LogP contribution in [0.3, 0.4) is 0 Å². The molecule has 0 aromatic heterocycles. The fourth-order valence-electron chi connectivity index (χ4n) is 2.18. The van der Waals surface area contributed by atoms with Gasteiger partial charge in [-0.1, -0.05) is 6.07 Å². The van der Waals surface area contributed by atoms with Crippen molar-refractivity contribution in [3.8, 4) is 11.5 Å². The lowest BCUT2D eigenvalue weighted by Crippen LogP contribution is -2.32. The number of carbonyl (C=O) groups is 1. The van der Waals surface area contributed by atoms with Gasteiger partial charge in [0.05, 0.1) is 7.11 Å². The van der Waals surface area contributed by atoms with Crippen molar-refractivity contribution < 1.29 is 23.0 Å². The van der Waals surface area contributed by atoms with E-state index in [9.17, 15) is 13.6 Å². The minimum absolute atomic E-state index is 0.0307. The van der Waals surface area contributed by atoms with Crippen LogP contribution in [0.5, 0.6) is 11.5 Å². The first-order chi connectivity index (χ1) is 10.4. The maximum absolute atomic E-state index is 12.4. The molecule has 1 aromatic rings. The molecule has 1 saturated heterocycles. The highest BCUT2D eigenvalue weighted by molar-refractivity contribution is 7.80. The zero-order chi connectivity index (χ0) is 16.3. The van der Waals surface area contributed by atoms with Gasteiger partial charge in [-0.3, -0.25) is 9.69 Å². The van der Waals surface area contributed by atoms with Gasteiger partial charge in [0.2, 0.25) is 0 Å². The summed E-state index contributed by atoms with van der Waals surface area (Å²) >= 11 is 5.08. The first-order valence-electron chi connectivity index (χ1n) is 6.66. The molecule has 1 heterocycles. The van der Waals surface area contributed by atoms with Gasteiger partial charge < -0.3 is 14.8 Å². The quantitative estimate of drug-likeness (QED) is 0.808. The van der Waals surface area contributed by atoms with Crippen molar-refractivity contribution in [3.63, 3.8) is 0 Å². The van der Waals surface area contributed by atoms with Crippen molar-refractivity contribution in [2.75, 3.05) is 13.7 Å². The SMILES string of the molecule is COc1ccc(CCN2C(=O)C(C)NC2=S)cc1OC(F)F. The van der Waals surface area contributed by atoms with E-state index in [2.05, 4.69) is 10.1 Å². The molecule has 8 heteroatoms. The maximum Gasteiger partial charge on any atom is 0.387 e. The summed E-state index contributed by atoms with van der Waals surface area (Å²) in [5.74, 6) is 0.103. The molecule has 2 rings (SSSR count). The average Bonchev–Trinajstić information content (AvgIpc) is 2.70. The largest absolute Gasteiger partial charge is 0.493 e. The van der Waals surface area contributed by atoms with Gasteiger partial charge in [-0.05, 0) is 43.3 Å². The highest BCUT2D eigenvalue weighted by Gasteiger charge is 2.31. The highest BCUT2D eigenvalue weighted by atomic mass is 32.1. The smallest absolute Gasteiger partial charge is 0.387 e. The van der Waals surface area contributed by atoms with Crippen molar-refractivity contribution in [1.29, 1.82) is 0 Å². The molecular formula is C14H16F2N2O3S. The van der Waals surface area contributed by atoms with E-state index < -0.39 is 6.61 Å². The number of hydrogen-bond acceptors (Lipinski definition) is 4. The topological polar surface area (TPSA) is 50.8 Å². The first kappa shape index (κ1) is 16.4. The Bertz CT molecular complexity index is 583. The van der Waals surface area contributed by atoms with Gasteiger partial charge >= 0.3 is 6.61 Å². The van der Waals surface area contributed by atoms with E-state index in [1.807, 2.05) is 0 Å². The Morgan fingerprint density at radius 3 is 2.68 bits per heavy atom. The molecule has 120 valence electrons. The third-order valence-corrected chi connectivity index (χ3v) is 3.63. The van der Waals surface area contributed by atoms with E-state index in [4.69, 9.17) is 17.0 Å². The molecule has 1 aromatic carbocycles. The summed E-state index contributed by atoms with van der Waals surface area (Å²) in [5, 5.41) is 3.26. The van der Waals surface area contributed by atoms with Crippen LogP contribution in [0, 0.1) is 0 Å². The second-order valence-corrected chi connectivity index (χ2v) is 5.16. The third kappa shape index (κ3) is 3.62. The molecule has 0 spiro atoms. The monoisotopic (exact) mass is 330 g/mol. The number of methoxy groups -OCH3 is 1. The van der Waals surface area contributed by atoms with Crippen molar-refractivity contribution in [3.05, 3.63) is 23.8 Å². The maximum atomic E-state index is 12.4. The Morgan fingerprint density at radius 1 is 1.41 bits per heavy atom. The van der Waals surface area contributed by atoms with E-state index in [1.165, 1.54) is 18.1 Å². The predicted molar refractivity (Wildman–Crippen MR) is 80.2 cm³/mol. The molecule has 1 amide bonds. The number of amides is 1. The van der Waals surface area contributed by atoms with E-state index >= 15 is 0 Å². The number of alkyl halides is 2. The molecule has 1 aliphatic heterocycles. The Balaban J connectivity index is 2.07. The summed E-state index contributed by atoms with van der Waals surface area (Å²) in [6, 6.07) is 4.43. The number of benzene rings is 1. The van der Waals surface area contributed by atoms with E-state index in [0.717, 1.165) is 5.56 Å². The second kappa shape index (κ2) is 6.87. The molecule has 1 aliphatic rings. The predicted octanol–water partition coefficient (Wildman–Crippen LogP) is 1.94. The van der Waals surface area contributed by atoms with Gasteiger partial charge in [0.25, 0.3) is 5.91 Å². The number of ether oxygens (including phenoxy) is 2. The Labute approximate surface area is 132 Å². The first-order valence-corrected chi connectivity index (χ1v) is 7.06. The van der Waals surface area contributed by atoms with Crippen LogP contribution in [0.4, 0.5) is 8.78 Å². The minimum Gasteiger partial charge on any atom is -0.493 e. The molecule has 1 fully saturated rings. The van der Waals surface area contributed by atoms with Crippen LogP contribution >= 0.6 is 12.2 Å². The summed E-state index contributed by atoms with van der Waals surface area (Å²) in [6.07, 6.45) is 0.462. The van der Waals surface area contributed by atoms with Gasteiger partial charge in [-0.25, -0.2) is 0 Å². The van der Waals surface area contributed by atoms with Crippen LogP contribution in [-0.4, -0.2) is 42.2 Å². The molecule has 22 heavy (non-hydrogen) atoms. The van der Waals surface area contributed by atoms with E-state index in [0.29, 0.717) is 18.1 Å². The Hall–Kier alpha value is -1.96. The molecule has 0 bridgehead atoms. The van der Waals surface area contributed by atoms with Gasteiger partial charge in [0.1, 0.15) is 6.04 Å². The van der Waals surface area contributed by atoms with Gasteiger partial charge in [-0.2, -0.15) is 8.78 Å². The fraction of sp³-hybridized carbons (Fsp3) is 0.429. The van der Waals surface area contributed by atoms with Gasteiger partial charge in [0, 0.05) is 6.54 Å². The van der Waals surface area contributed by atoms with Crippen molar-refractivity contribution in [2.24, 2.45) is 0 Å². The number of halogens is 2. The third-order valence-electron chi connectivity index (χ3n) is 3.29. The fourth-order valence-corrected chi connectivity index (χ4v) is 2.53. The van der Waals surface area contributed by atoms with E-state index in [-0.39, 0.29) is 23.4 Å². The Kier molecular flexibility index (Phi) is 5.12. The zero-order valence-corrected chi connectivity index (χ0v) is 13.0. The normalized spacial score (nSPS) is 17.9. The van der Waals surface area contributed by atoms with E-state index in [1.54, 1.807) is 19.1 Å². The van der Waals surface area contributed by atoms with Crippen LogP contribution in [-0.2, 0) is 11.2 Å². The summed E-state index contributed by atoms with van der Waals surface area (Å²) < 4.78 is 34.2. The molecule has 1 atom stereocenters. The zero-order valence-electron chi connectivity index (χ0n) is 12.1. The minimum atomic E-state index is -2.93. The lowest BCUT2D eigenvalue weighted by molar-refractivity contribution is -0.126. The number of nitrogens with zero attached hydrogens (tertiary/aromatic N) is 1. The number of rotatable bonds is 6. The number of nitrogens with one attached hydrogen (secondary N) is 1. The summed E-state index contributed by atoms with van der Waals surface area (Å²) in [6.45, 7) is -0.826. The van der Waals surface area contributed by atoms with Crippen LogP contribution in [0.25, 0.3) is 0 Å². The van der Waals surface area contributed by atoms with Crippen LogP contribution in [0.15, 0.2) is 18.2 Å². The highest BCUT2D eigenvalue weighted by Crippen LogP contribution is 2.29. The van der Waals surface area contributed by atoms with Gasteiger partial charge in [-0.15, -0.1) is 0 Å². The van der Waals surface area contributed by atoms with Crippen LogP contribution < -0.4 is 14.8 Å². The number of carbonyl (C=O) groups excluding carboxylic acids is 1.